The zero-order chi connectivity index (χ0) is 22.1. The van der Waals surface area contributed by atoms with Gasteiger partial charge in [-0.25, -0.2) is 9.97 Å². The summed E-state index contributed by atoms with van der Waals surface area (Å²) in [5, 5.41) is 3.00. The number of nitrogens with zero attached hydrogens (tertiary/aromatic N) is 2. The van der Waals surface area contributed by atoms with Gasteiger partial charge in [-0.05, 0) is 36.1 Å². The van der Waals surface area contributed by atoms with Crippen LogP contribution in [-0.4, -0.2) is 9.97 Å². The molecular weight excluding hydrogens is 411 g/mol. The third-order valence-electron chi connectivity index (χ3n) is 4.20. The molecule has 0 aliphatic rings. The number of nitrogens with one attached hydrogen (secondary N) is 1. The number of rotatable bonds is 5. The summed E-state index contributed by atoms with van der Waals surface area (Å²) in [6, 6.07) is 10.9. The second-order valence-electron chi connectivity index (χ2n) is 7.80. The average molecular weight is 433 g/mol. The van der Waals surface area contributed by atoms with E-state index in [1.807, 2.05) is 24.3 Å². The van der Waals surface area contributed by atoms with E-state index in [1.54, 1.807) is 18.3 Å². The van der Waals surface area contributed by atoms with Gasteiger partial charge in [0.2, 0.25) is 5.88 Å². The highest BCUT2D eigenvalue weighted by Crippen LogP contribution is 2.41. The molecule has 158 valence electrons. The third kappa shape index (κ3) is 4.81. The summed E-state index contributed by atoms with van der Waals surface area (Å²) in [5.41, 5.74) is 0.588. The minimum Gasteiger partial charge on any atom is -0.437 e. The Balaban J connectivity index is 1.96. The Morgan fingerprint density at radius 2 is 1.80 bits per heavy atom. The van der Waals surface area contributed by atoms with Crippen molar-refractivity contribution in [2.24, 2.45) is 0 Å². The Kier molecular flexibility index (Phi) is 5.90. The second-order valence-corrected chi connectivity index (χ2v) is 8.80. The molecule has 0 amide bonds. The lowest BCUT2D eigenvalue weighted by atomic mass is 9.86. The van der Waals surface area contributed by atoms with E-state index in [-0.39, 0.29) is 21.3 Å². The number of benzene rings is 1. The molecule has 0 saturated carbocycles. The Morgan fingerprint density at radius 3 is 2.40 bits per heavy atom. The zero-order valence-corrected chi connectivity index (χ0v) is 17.9. The standard InChI is InChI=1S/C22H22F3N3OS/c1-13(2)17-18(22(23,24)25)28-20(30-17)27-15-10-8-12-26-19(15)29-16-11-7-6-9-14(16)21(3,4)5/h6-12H,1H2,2-5H3,(H,27,28). The van der Waals surface area contributed by atoms with Gasteiger partial charge in [0.1, 0.15) is 11.4 Å². The minimum absolute atomic E-state index is 0.00515. The molecule has 3 rings (SSSR count). The van der Waals surface area contributed by atoms with E-state index < -0.39 is 11.9 Å². The number of para-hydroxylation sites is 1. The van der Waals surface area contributed by atoms with Gasteiger partial charge in [-0.1, -0.05) is 56.9 Å². The molecule has 0 aliphatic carbocycles. The lowest BCUT2D eigenvalue weighted by Gasteiger charge is -2.22. The monoisotopic (exact) mass is 433 g/mol. The van der Waals surface area contributed by atoms with Crippen LogP contribution in [0.5, 0.6) is 11.6 Å². The number of aromatic nitrogens is 2. The summed E-state index contributed by atoms with van der Waals surface area (Å²) >= 11 is 0.887. The number of thiazole rings is 1. The smallest absolute Gasteiger partial charge is 0.434 e. The van der Waals surface area contributed by atoms with Crippen molar-refractivity contribution in [3.63, 3.8) is 0 Å². The fourth-order valence-electron chi connectivity index (χ4n) is 2.82. The molecule has 2 heterocycles. The van der Waals surface area contributed by atoms with Crippen molar-refractivity contribution in [1.82, 2.24) is 9.97 Å². The van der Waals surface area contributed by atoms with Crippen LogP contribution < -0.4 is 10.1 Å². The van der Waals surface area contributed by atoms with Crippen LogP contribution in [0.25, 0.3) is 5.57 Å². The van der Waals surface area contributed by atoms with Gasteiger partial charge in [-0.2, -0.15) is 13.2 Å². The highest BCUT2D eigenvalue weighted by molar-refractivity contribution is 7.16. The van der Waals surface area contributed by atoms with Gasteiger partial charge in [0.15, 0.2) is 10.8 Å². The molecule has 0 spiro atoms. The maximum Gasteiger partial charge on any atom is 0.434 e. The molecule has 0 bridgehead atoms. The Bertz CT molecular complexity index is 1070. The number of allylic oxidation sites excluding steroid dienone is 1. The largest absolute Gasteiger partial charge is 0.437 e. The van der Waals surface area contributed by atoms with Gasteiger partial charge in [0.25, 0.3) is 0 Å². The molecular formula is C22H22F3N3OS. The number of pyridine rings is 1. The zero-order valence-electron chi connectivity index (χ0n) is 17.1. The Morgan fingerprint density at radius 1 is 1.10 bits per heavy atom. The number of anilines is 2. The predicted octanol–water partition coefficient (Wildman–Crippen LogP) is 7.42. The topological polar surface area (TPSA) is 47.0 Å². The van der Waals surface area contributed by atoms with E-state index in [1.165, 1.54) is 6.92 Å². The summed E-state index contributed by atoms with van der Waals surface area (Å²) in [5.74, 6) is 0.874. The number of halogens is 3. The second kappa shape index (κ2) is 8.10. The van der Waals surface area contributed by atoms with Crippen molar-refractivity contribution in [3.8, 4) is 11.6 Å². The van der Waals surface area contributed by atoms with Gasteiger partial charge in [-0.15, -0.1) is 0 Å². The first-order valence-electron chi connectivity index (χ1n) is 9.20. The SMILES string of the molecule is C=C(C)c1sc(Nc2cccnc2Oc2ccccc2C(C)(C)C)nc1C(F)(F)F. The van der Waals surface area contributed by atoms with Crippen LogP contribution in [0.1, 0.15) is 43.8 Å². The van der Waals surface area contributed by atoms with Gasteiger partial charge >= 0.3 is 6.18 Å². The Labute approximate surface area is 177 Å². The first-order valence-corrected chi connectivity index (χ1v) is 10.0. The molecule has 8 heteroatoms. The minimum atomic E-state index is -4.56. The van der Waals surface area contributed by atoms with Crippen molar-refractivity contribution in [3.05, 3.63) is 65.3 Å². The number of hydrogen-bond donors (Lipinski definition) is 1. The van der Waals surface area contributed by atoms with Crippen LogP contribution in [0.3, 0.4) is 0 Å². The molecule has 0 fully saturated rings. The molecule has 3 aromatic rings. The highest BCUT2D eigenvalue weighted by atomic mass is 32.1. The number of ether oxygens (including phenoxy) is 1. The molecule has 30 heavy (non-hydrogen) atoms. The quantitative estimate of drug-likeness (QED) is 0.455. The molecule has 0 radical (unpaired) electrons. The first-order chi connectivity index (χ1) is 14.0. The van der Waals surface area contributed by atoms with E-state index in [2.05, 4.69) is 42.6 Å². The van der Waals surface area contributed by atoms with Crippen LogP contribution in [0, 0.1) is 0 Å². The summed E-state index contributed by atoms with van der Waals surface area (Å²) in [7, 11) is 0. The summed E-state index contributed by atoms with van der Waals surface area (Å²) in [6.45, 7) is 11.4. The van der Waals surface area contributed by atoms with Crippen molar-refractivity contribution >= 4 is 27.7 Å². The van der Waals surface area contributed by atoms with Gasteiger partial charge in [0.05, 0.1) is 4.88 Å². The van der Waals surface area contributed by atoms with Crippen LogP contribution in [0.4, 0.5) is 24.0 Å². The van der Waals surface area contributed by atoms with E-state index in [9.17, 15) is 13.2 Å². The van der Waals surface area contributed by atoms with Crippen LogP contribution in [0.15, 0.2) is 49.2 Å². The summed E-state index contributed by atoms with van der Waals surface area (Å²) in [6.07, 6.45) is -3.01. The van der Waals surface area contributed by atoms with Crippen molar-refractivity contribution in [2.45, 2.75) is 39.3 Å². The van der Waals surface area contributed by atoms with Crippen molar-refractivity contribution in [2.75, 3.05) is 5.32 Å². The summed E-state index contributed by atoms with van der Waals surface area (Å²) in [4.78, 5) is 7.99. The predicted molar refractivity (Wildman–Crippen MR) is 115 cm³/mol. The van der Waals surface area contributed by atoms with Crippen molar-refractivity contribution in [1.29, 1.82) is 0 Å². The van der Waals surface area contributed by atoms with Crippen LogP contribution in [-0.2, 0) is 11.6 Å². The highest BCUT2D eigenvalue weighted by Gasteiger charge is 2.37. The summed E-state index contributed by atoms with van der Waals surface area (Å²) < 4.78 is 46.0. The van der Waals surface area contributed by atoms with Gasteiger partial charge in [0, 0.05) is 11.8 Å². The molecule has 4 nitrogen and oxygen atoms in total. The van der Waals surface area contributed by atoms with Crippen molar-refractivity contribution < 1.29 is 17.9 Å². The molecule has 0 saturated heterocycles. The van der Waals surface area contributed by atoms with E-state index >= 15 is 0 Å². The molecule has 2 aromatic heterocycles. The van der Waals surface area contributed by atoms with E-state index in [0.29, 0.717) is 17.0 Å². The lowest BCUT2D eigenvalue weighted by Crippen LogP contribution is -2.12. The fraction of sp³-hybridized carbons (Fsp3) is 0.273. The van der Waals surface area contributed by atoms with E-state index in [0.717, 1.165) is 16.9 Å². The molecule has 0 unspecified atom stereocenters. The normalized spacial score (nSPS) is 12.0. The molecule has 0 aliphatic heterocycles. The van der Waals surface area contributed by atoms with E-state index in [4.69, 9.17) is 4.74 Å². The molecule has 0 atom stereocenters. The van der Waals surface area contributed by atoms with Crippen LogP contribution in [0.2, 0.25) is 0 Å². The third-order valence-corrected chi connectivity index (χ3v) is 5.33. The maximum absolute atomic E-state index is 13.3. The number of hydrogen-bond acceptors (Lipinski definition) is 5. The number of alkyl halides is 3. The van der Waals surface area contributed by atoms with Gasteiger partial charge < -0.3 is 10.1 Å². The molecule has 1 aromatic carbocycles. The Hall–Kier alpha value is -2.87. The maximum atomic E-state index is 13.3. The van der Waals surface area contributed by atoms with Gasteiger partial charge in [-0.3, -0.25) is 0 Å². The first kappa shape index (κ1) is 21.8. The molecule has 1 N–H and O–H groups in total. The average Bonchev–Trinajstić information content (AvgIpc) is 3.08. The lowest BCUT2D eigenvalue weighted by molar-refractivity contribution is -0.140. The van der Waals surface area contributed by atoms with Crippen LogP contribution >= 0.6 is 11.3 Å². The fourth-order valence-corrected chi connectivity index (χ4v) is 3.74.